The van der Waals surface area contributed by atoms with Crippen molar-refractivity contribution in [1.82, 2.24) is 4.31 Å². The van der Waals surface area contributed by atoms with Crippen molar-refractivity contribution in [1.29, 1.82) is 0 Å². The molecular weight excluding hydrogens is 478 g/mol. The molecule has 9 heteroatoms. The van der Waals surface area contributed by atoms with Gasteiger partial charge in [-0.05, 0) is 64.3 Å². The largest absolute Gasteiger partial charge is 0.369 e. The van der Waals surface area contributed by atoms with E-state index in [1.54, 1.807) is 11.0 Å². The van der Waals surface area contributed by atoms with Gasteiger partial charge in [0.05, 0.1) is 4.90 Å². The Kier molecular flexibility index (Phi) is 5.63. The predicted octanol–water partition coefficient (Wildman–Crippen LogP) is 3.52. The van der Waals surface area contributed by atoms with Crippen LogP contribution in [0.3, 0.4) is 0 Å². The van der Waals surface area contributed by atoms with Gasteiger partial charge < -0.3 is 9.80 Å². The number of amides is 1. The molecule has 1 fully saturated rings. The fourth-order valence-corrected chi connectivity index (χ4v) is 6.51. The van der Waals surface area contributed by atoms with E-state index in [4.69, 9.17) is 11.6 Å². The van der Waals surface area contributed by atoms with E-state index >= 15 is 0 Å². The summed E-state index contributed by atoms with van der Waals surface area (Å²) in [5.41, 5.74) is 2.71. The molecule has 2 aliphatic heterocycles. The second-order valence-electron chi connectivity index (χ2n) is 7.20. The second kappa shape index (κ2) is 7.91. The summed E-state index contributed by atoms with van der Waals surface area (Å²) in [6.07, 6.45) is 0.730. The molecule has 0 N–H and O–H groups in total. The topological polar surface area (TPSA) is 60.9 Å². The minimum absolute atomic E-state index is 0.0778. The maximum absolute atomic E-state index is 13.3. The summed E-state index contributed by atoms with van der Waals surface area (Å²) < 4.78 is 28.7. The molecule has 4 rings (SSSR count). The van der Waals surface area contributed by atoms with Gasteiger partial charge in [-0.1, -0.05) is 11.6 Å². The normalized spacial score (nSPS) is 17.5. The first-order valence-electron chi connectivity index (χ1n) is 9.38. The van der Waals surface area contributed by atoms with Gasteiger partial charge in [0.15, 0.2) is 0 Å². The highest BCUT2D eigenvalue weighted by Gasteiger charge is 2.33. The van der Waals surface area contributed by atoms with E-state index < -0.39 is 10.0 Å². The Morgan fingerprint density at radius 3 is 2.31 bits per heavy atom. The van der Waals surface area contributed by atoms with E-state index in [2.05, 4.69) is 20.8 Å². The quantitative estimate of drug-likeness (QED) is 0.650. The standard InChI is InChI=1S/C20H21BrClN3O3S/c1-14(26)25-7-6-15-12-18(21)20(13-19(15)25)29(27,28)24-10-8-23(9-11-24)17-4-2-16(22)3-5-17/h2-5,12-13H,6-11H2,1H3. The van der Waals surface area contributed by atoms with Crippen LogP contribution in [0.5, 0.6) is 0 Å². The van der Waals surface area contributed by atoms with Crippen molar-refractivity contribution in [2.24, 2.45) is 0 Å². The van der Waals surface area contributed by atoms with Gasteiger partial charge in [0, 0.05) is 60.5 Å². The van der Waals surface area contributed by atoms with Crippen LogP contribution in [0.25, 0.3) is 0 Å². The average molecular weight is 499 g/mol. The summed E-state index contributed by atoms with van der Waals surface area (Å²) in [4.78, 5) is 15.9. The number of carbonyl (C=O) groups excluding carboxylic acids is 1. The summed E-state index contributed by atoms with van der Waals surface area (Å²) >= 11 is 9.38. The van der Waals surface area contributed by atoms with Gasteiger partial charge in [0.2, 0.25) is 15.9 Å². The third-order valence-electron chi connectivity index (χ3n) is 5.46. The van der Waals surface area contributed by atoms with Gasteiger partial charge in [-0.3, -0.25) is 4.79 Å². The second-order valence-corrected chi connectivity index (χ2v) is 10.4. The van der Waals surface area contributed by atoms with Crippen molar-refractivity contribution in [2.75, 3.05) is 42.5 Å². The highest BCUT2D eigenvalue weighted by atomic mass is 79.9. The zero-order valence-electron chi connectivity index (χ0n) is 15.9. The van der Waals surface area contributed by atoms with Crippen LogP contribution in [0, 0.1) is 0 Å². The van der Waals surface area contributed by atoms with E-state index in [0.717, 1.165) is 17.7 Å². The van der Waals surface area contributed by atoms with Gasteiger partial charge in [-0.15, -0.1) is 0 Å². The van der Waals surface area contributed by atoms with Gasteiger partial charge in [0.25, 0.3) is 0 Å². The molecule has 6 nitrogen and oxygen atoms in total. The number of anilines is 2. The SMILES string of the molecule is CC(=O)N1CCc2cc(Br)c(S(=O)(=O)N3CCN(c4ccc(Cl)cc4)CC3)cc21. The highest BCUT2D eigenvalue weighted by molar-refractivity contribution is 9.10. The lowest BCUT2D eigenvalue weighted by Gasteiger charge is -2.35. The minimum Gasteiger partial charge on any atom is -0.369 e. The highest BCUT2D eigenvalue weighted by Crippen LogP contribution is 2.37. The molecule has 2 heterocycles. The van der Waals surface area contributed by atoms with Crippen LogP contribution in [0.2, 0.25) is 5.02 Å². The van der Waals surface area contributed by atoms with Crippen molar-refractivity contribution in [3.8, 4) is 0 Å². The fraction of sp³-hybridized carbons (Fsp3) is 0.350. The van der Waals surface area contributed by atoms with Crippen LogP contribution < -0.4 is 9.80 Å². The first-order valence-corrected chi connectivity index (χ1v) is 12.0. The van der Waals surface area contributed by atoms with Gasteiger partial charge in [-0.2, -0.15) is 4.31 Å². The number of piperazine rings is 1. The lowest BCUT2D eigenvalue weighted by Crippen LogP contribution is -2.48. The van der Waals surface area contributed by atoms with Crippen LogP contribution in [0.1, 0.15) is 12.5 Å². The summed E-state index contributed by atoms with van der Waals surface area (Å²) in [7, 11) is -3.68. The predicted molar refractivity (Wildman–Crippen MR) is 118 cm³/mol. The smallest absolute Gasteiger partial charge is 0.244 e. The summed E-state index contributed by atoms with van der Waals surface area (Å²) in [5.74, 6) is -0.0778. The molecule has 2 aromatic rings. The van der Waals surface area contributed by atoms with Crippen molar-refractivity contribution < 1.29 is 13.2 Å². The van der Waals surface area contributed by atoms with E-state index in [0.29, 0.717) is 47.9 Å². The third-order valence-corrected chi connectivity index (χ3v) is 8.57. The van der Waals surface area contributed by atoms with Gasteiger partial charge >= 0.3 is 0 Å². The Hall–Kier alpha value is -1.61. The Labute approximate surface area is 184 Å². The Morgan fingerprint density at radius 2 is 1.69 bits per heavy atom. The summed E-state index contributed by atoms with van der Waals surface area (Å²) in [6.45, 7) is 4.07. The van der Waals surface area contributed by atoms with Crippen molar-refractivity contribution >= 4 is 54.8 Å². The molecule has 0 saturated carbocycles. The molecule has 0 bridgehead atoms. The van der Waals surface area contributed by atoms with E-state index in [1.165, 1.54) is 11.2 Å². The van der Waals surface area contributed by atoms with Crippen LogP contribution >= 0.6 is 27.5 Å². The van der Waals surface area contributed by atoms with Gasteiger partial charge in [-0.25, -0.2) is 8.42 Å². The van der Waals surface area contributed by atoms with Crippen LogP contribution in [-0.2, 0) is 21.2 Å². The molecule has 0 radical (unpaired) electrons. The summed E-state index contributed by atoms with van der Waals surface area (Å²) in [6, 6.07) is 11.0. The third kappa shape index (κ3) is 3.91. The molecule has 0 aliphatic carbocycles. The molecule has 0 atom stereocenters. The first kappa shape index (κ1) is 20.7. The number of hydrogen-bond donors (Lipinski definition) is 0. The lowest BCUT2D eigenvalue weighted by atomic mass is 10.2. The maximum Gasteiger partial charge on any atom is 0.244 e. The molecule has 0 spiro atoms. The average Bonchev–Trinajstić information content (AvgIpc) is 3.11. The van der Waals surface area contributed by atoms with Crippen molar-refractivity contribution in [3.63, 3.8) is 0 Å². The Balaban J connectivity index is 1.56. The zero-order valence-corrected chi connectivity index (χ0v) is 19.1. The van der Waals surface area contributed by atoms with Crippen molar-refractivity contribution in [3.05, 3.63) is 51.5 Å². The molecule has 2 aromatic carbocycles. The molecular formula is C20H21BrClN3O3S. The Bertz CT molecular complexity index is 1050. The number of hydrogen-bond acceptors (Lipinski definition) is 4. The van der Waals surface area contributed by atoms with Crippen LogP contribution in [-0.4, -0.2) is 51.4 Å². The molecule has 2 aliphatic rings. The fourth-order valence-electron chi connectivity index (χ4n) is 3.89. The molecule has 0 aromatic heterocycles. The maximum atomic E-state index is 13.3. The monoisotopic (exact) mass is 497 g/mol. The lowest BCUT2D eigenvalue weighted by molar-refractivity contribution is -0.116. The molecule has 1 saturated heterocycles. The van der Waals surface area contributed by atoms with E-state index in [9.17, 15) is 13.2 Å². The number of benzene rings is 2. The van der Waals surface area contributed by atoms with E-state index in [-0.39, 0.29) is 10.8 Å². The number of carbonyl (C=O) groups is 1. The Morgan fingerprint density at radius 1 is 1.03 bits per heavy atom. The molecule has 29 heavy (non-hydrogen) atoms. The number of rotatable bonds is 3. The van der Waals surface area contributed by atoms with Crippen molar-refractivity contribution in [2.45, 2.75) is 18.2 Å². The van der Waals surface area contributed by atoms with Crippen LogP contribution in [0.15, 0.2) is 45.8 Å². The minimum atomic E-state index is -3.68. The number of fused-ring (bicyclic) bond motifs is 1. The van der Waals surface area contributed by atoms with E-state index in [1.807, 2.05) is 30.3 Å². The molecule has 154 valence electrons. The number of halogens is 2. The molecule has 0 unspecified atom stereocenters. The zero-order chi connectivity index (χ0) is 20.8. The first-order chi connectivity index (χ1) is 13.8. The summed E-state index contributed by atoms with van der Waals surface area (Å²) in [5, 5.41) is 0.677. The van der Waals surface area contributed by atoms with Gasteiger partial charge in [0.1, 0.15) is 0 Å². The number of nitrogens with zero attached hydrogens (tertiary/aromatic N) is 3. The molecule has 1 amide bonds. The van der Waals surface area contributed by atoms with Crippen LogP contribution in [0.4, 0.5) is 11.4 Å². The number of sulfonamides is 1.